The molecule has 0 unspecified atom stereocenters. The second-order valence-corrected chi connectivity index (χ2v) is 18.3. The Labute approximate surface area is 362 Å². The van der Waals surface area contributed by atoms with Crippen LogP contribution in [0.2, 0.25) is 0 Å². The number of para-hydroxylation sites is 2. The van der Waals surface area contributed by atoms with Crippen molar-refractivity contribution in [3.05, 3.63) is 186 Å². The number of hydrogen-bond acceptors (Lipinski definition) is 3. The van der Waals surface area contributed by atoms with Gasteiger partial charge in [-0.1, -0.05) is 126 Å². The first kappa shape index (κ1) is 38.5. The minimum atomic E-state index is 0.0362. The topological polar surface area (TPSA) is 70.3 Å². The molecule has 0 spiro atoms. The molecular formula is C57H45N5. The summed E-state index contributed by atoms with van der Waals surface area (Å²) in [6, 6.07) is 62.1. The van der Waals surface area contributed by atoms with E-state index in [-0.39, 0.29) is 10.8 Å². The molecule has 0 aliphatic rings. The van der Waals surface area contributed by atoms with E-state index in [1.807, 2.05) is 24.3 Å². The van der Waals surface area contributed by atoms with Crippen LogP contribution in [0.4, 0.5) is 0 Å². The fourth-order valence-corrected chi connectivity index (χ4v) is 8.99. The van der Waals surface area contributed by atoms with E-state index in [4.69, 9.17) is 4.98 Å². The second-order valence-electron chi connectivity index (χ2n) is 18.3. The summed E-state index contributed by atoms with van der Waals surface area (Å²) in [4.78, 5) is 5.29. The molecule has 0 saturated carbocycles. The van der Waals surface area contributed by atoms with E-state index < -0.39 is 0 Å². The molecule has 0 radical (unpaired) electrons. The van der Waals surface area contributed by atoms with Crippen LogP contribution in [0.3, 0.4) is 0 Å². The van der Waals surface area contributed by atoms with Crippen LogP contribution < -0.4 is 0 Å². The van der Waals surface area contributed by atoms with Gasteiger partial charge >= 0.3 is 0 Å². The van der Waals surface area contributed by atoms with E-state index in [1.165, 1.54) is 32.7 Å². The van der Waals surface area contributed by atoms with E-state index >= 15 is 0 Å². The molecule has 7 aromatic carbocycles. The molecule has 0 aliphatic heterocycles. The normalized spacial score (nSPS) is 12.0. The highest BCUT2D eigenvalue weighted by Crippen LogP contribution is 2.39. The van der Waals surface area contributed by atoms with Crippen molar-refractivity contribution in [2.24, 2.45) is 0 Å². The summed E-state index contributed by atoms with van der Waals surface area (Å²) in [5, 5.41) is 25.2. The van der Waals surface area contributed by atoms with E-state index in [9.17, 15) is 10.5 Å². The maximum atomic E-state index is 10.3. The van der Waals surface area contributed by atoms with E-state index in [0.717, 1.165) is 61.5 Å². The molecule has 10 aromatic rings. The molecule has 3 heterocycles. The smallest absolute Gasteiger partial charge is 0.101 e. The Morgan fingerprint density at radius 2 is 0.871 bits per heavy atom. The molecule has 62 heavy (non-hydrogen) atoms. The molecule has 0 bridgehead atoms. The van der Waals surface area contributed by atoms with Crippen LogP contribution >= 0.6 is 0 Å². The van der Waals surface area contributed by atoms with Gasteiger partial charge in [0.2, 0.25) is 0 Å². The third kappa shape index (κ3) is 6.42. The lowest BCUT2D eigenvalue weighted by atomic mass is 9.86. The van der Waals surface area contributed by atoms with E-state index in [2.05, 4.69) is 196 Å². The first-order valence-electron chi connectivity index (χ1n) is 21.2. The number of nitriles is 2. The summed E-state index contributed by atoms with van der Waals surface area (Å²) in [5.41, 5.74) is 15.1. The lowest BCUT2D eigenvalue weighted by molar-refractivity contribution is 0.591. The quantitative estimate of drug-likeness (QED) is 0.174. The zero-order valence-corrected chi connectivity index (χ0v) is 35.8. The third-order valence-corrected chi connectivity index (χ3v) is 12.4. The van der Waals surface area contributed by atoms with Crippen molar-refractivity contribution in [3.63, 3.8) is 0 Å². The fraction of sp³-hybridized carbons (Fsp3) is 0.140. The van der Waals surface area contributed by atoms with Crippen molar-refractivity contribution < 1.29 is 0 Å². The second kappa shape index (κ2) is 14.5. The minimum Gasteiger partial charge on any atom is -0.309 e. The van der Waals surface area contributed by atoms with Crippen LogP contribution in [0.5, 0.6) is 0 Å². The summed E-state index contributed by atoms with van der Waals surface area (Å²) in [5.74, 6) is 0. The van der Waals surface area contributed by atoms with Crippen molar-refractivity contribution in [3.8, 4) is 57.2 Å². The van der Waals surface area contributed by atoms with Gasteiger partial charge in [0.15, 0.2) is 0 Å². The highest BCUT2D eigenvalue weighted by molar-refractivity contribution is 6.10. The first-order valence-corrected chi connectivity index (χ1v) is 21.2. The third-order valence-electron chi connectivity index (χ3n) is 12.4. The fourth-order valence-electron chi connectivity index (χ4n) is 8.99. The standard InChI is InChI=1S/C57H45N5/c1-56(2,3)40-22-28-54-47(32-40)45-13-7-9-16-52(45)61(54)42-24-18-36(19-25-42)50-30-39(44-15-11-12-38(34-58)49(44)35-59)31-51(60-50)37-20-26-43(27-21-37)62-53-17-10-8-14-46(53)48-33-41(57(4,5)6)23-29-55(48)62/h7-33H,1-6H3. The molecule has 0 saturated heterocycles. The summed E-state index contributed by atoms with van der Waals surface area (Å²) in [6.45, 7) is 13.5. The Bertz CT molecular complexity index is 3290. The molecular weight excluding hydrogens is 755 g/mol. The van der Waals surface area contributed by atoms with Gasteiger partial charge in [0, 0.05) is 49.6 Å². The van der Waals surface area contributed by atoms with Crippen LogP contribution in [-0.2, 0) is 10.8 Å². The van der Waals surface area contributed by atoms with Gasteiger partial charge in [0.1, 0.15) is 12.1 Å². The summed E-state index contributed by atoms with van der Waals surface area (Å²) < 4.78 is 4.68. The van der Waals surface area contributed by atoms with Gasteiger partial charge in [0.25, 0.3) is 0 Å². The number of hydrogen-bond donors (Lipinski definition) is 0. The van der Waals surface area contributed by atoms with Crippen LogP contribution in [0, 0.1) is 22.7 Å². The largest absolute Gasteiger partial charge is 0.309 e. The van der Waals surface area contributed by atoms with Crippen LogP contribution in [-0.4, -0.2) is 14.1 Å². The molecule has 0 fully saturated rings. The van der Waals surface area contributed by atoms with Crippen LogP contribution in [0.25, 0.3) is 88.6 Å². The molecule has 0 aliphatic carbocycles. The summed E-state index contributed by atoms with van der Waals surface area (Å²) in [6.07, 6.45) is 0. The molecule has 0 N–H and O–H groups in total. The van der Waals surface area contributed by atoms with Gasteiger partial charge in [-0.25, -0.2) is 4.98 Å². The molecule has 0 amide bonds. The van der Waals surface area contributed by atoms with Gasteiger partial charge in [-0.15, -0.1) is 0 Å². The van der Waals surface area contributed by atoms with Crippen molar-refractivity contribution in [1.82, 2.24) is 14.1 Å². The van der Waals surface area contributed by atoms with Crippen molar-refractivity contribution in [2.45, 2.75) is 52.4 Å². The van der Waals surface area contributed by atoms with Crippen LogP contribution in [0.1, 0.15) is 63.8 Å². The molecule has 3 aromatic heterocycles. The van der Waals surface area contributed by atoms with Crippen LogP contribution in [0.15, 0.2) is 164 Å². The van der Waals surface area contributed by atoms with E-state index in [0.29, 0.717) is 16.7 Å². The molecule has 10 rings (SSSR count). The minimum absolute atomic E-state index is 0.0362. The number of aromatic nitrogens is 3. The Morgan fingerprint density at radius 1 is 0.419 bits per heavy atom. The molecule has 0 atom stereocenters. The number of rotatable bonds is 5. The maximum Gasteiger partial charge on any atom is 0.101 e. The first-order chi connectivity index (χ1) is 29.9. The average molecular weight is 800 g/mol. The zero-order valence-electron chi connectivity index (χ0n) is 35.8. The Balaban J connectivity index is 1.09. The van der Waals surface area contributed by atoms with Gasteiger partial charge in [-0.05, 0) is 106 Å². The predicted octanol–water partition coefficient (Wildman–Crippen LogP) is 14.6. The number of benzene rings is 7. The number of nitrogens with zero attached hydrogens (tertiary/aromatic N) is 5. The SMILES string of the molecule is CC(C)(C)c1ccc2c(c1)c1ccccc1n2-c1ccc(-c2cc(-c3cccc(C#N)c3C#N)cc(-c3ccc(-n4c5ccccc5c5cc(C(C)(C)C)ccc54)cc3)n2)cc1. The van der Waals surface area contributed by atoms with Crippen molar-refractivity contribution in [2.75, 3.05) is 0 Å². The Morgan fingerprint density at radius 3 is 1.31 bits per heavy atom. The molecule has 298 valence electrons. The van der Waals surface area contributed by atoms with Gasteiger partial charge < -0.3 is 9.13 Å². The number of pyridine rings is 1. The van der Waals surface area contributed by atoms with Crippen molar-refractivity contribution >= 4 is 43.6 Å². The summed E-state index contributed by atoms with van der Waals surface area (Å²) in [7, 11) is 0. The lowest BCUT2D eigenvalue weighted by Crippen LogP contribution is -2.10. The van der Waals surface area contributed by atoms with Crippen molar-refractivity contribution in [1.29, 1.82) is 10.5 Å². The molecule has 5 nitrogen and oxygen atoms in total. The highest BCUT2D eigenvalue weighted by atomic mass is 15.0. The van der Waals surface area contributed by atoms with Gasteiger partial charge in [0.05, 0.1) is 44.6 Å². The molecule has 5 heteroatoms. The van der Waals surface area contributed by atoms with E-state index in [1.54, 1.807) is 6.07 Å². The monoisotopic (exact) mass is 799 g/mol. The zero-order chi connectivity index (χ0) is 42.9. The Kier molecular flexibility index (Phi) is 8.98. The van der Waals surface area contributed by atoms with Gasteiger partial charge in [-0.3, -0.25) is 0 Å². The summed E-state index contributed by atoms with van der Waals surface area (Å²) >= 11 is 0. The predicted molar refractivity (Wildman–Crippen MR) is 256 cm³/mol. The lowest BCUT2D eigenvalue weighted by Gasteiger charge is -2.19. The number of fused-ring (bicyclic) bond motifs is 6. The van der Waals surface area contributed by atoms with Gasteiger partial charge in [-0.2, -0.15) is 10.5 Å². The highest BCUT2D eigenvalue weighted by Gasteiger charge is 2.21. The maximum absolute atomic E-state index is 10.3. The average Bonchev–Trinajstić information content (AvgIpc) is 3.80. The Hall–Kier alpha value is -7.73.